The third-order valence-electron chi connectivity index (χ3n) is 6.42. The van der Waals surface area contributed by atoms with Crippen molar-refractivity contribution in [2.75, 3.05) is 18.5 Å². The van der Waals surface area contributed by atoms with Gasteiger partial charge in [-0.1, -0.05) is 12.1 Å². The lowest BCUT2D eigenvalue weighted by Crippen LogP contribution is -2.09. The predicted molar refractivity (Wildman–Crippen MR) is 131 cm³/mol. The second kappa shape index (κ2) is 9.87. The number of aromatic amines is 1. The van der Waals surface area contributed by atoms with E-state index in [0.29, 0.717) is 25.1 Å². The van der Waals surface area contributed by atoms with Crippen molar-refractivity contribution in [1.82, 2.24) is 20.1 Å². The van der Waals surface area contributed by atoms with Gasteiger partial charge >= 0.3 is 12.1 Å². The SMILES string of the molecule is CCCNc1cc(C(F)(F)F)cc(-c2nc(-c3ccc4[nH]c5c(c4c3)CCC5CC(=O)OCC)no2)n1. The number of carbonyl (C=O) groups excluding carboxylic acids is 1. The van der Waals surface area contributed by atoms with E-state index in [-0.39, 0.29) is 35.1 Å². The number of fused-ring (bicyclic) bond motifs is 3. The molecule has 11 heteroatoms. The first kappa shape index (κ1) is 24.8. The Labute approximate surface area is 210 Å². The van der Waals surface area contributed by atoms with E-state index in [1.54, 1.807) is 6.92 Å². The monoisotopic (exact) mass is 513 g/mol. The maximum atomic E-state index is 13.5. The lowest BCUT2D eigenvalue weighted by molar-refractivity contribution is -0.143. The number of nitrogens with zero attached hydrogens (tertiary/aromatic N) is 3. The number of anilines is 1. The number of rotatable bonds is 8. The number of hydrogen-bond donors (Lipinski definition) is 2. The Hall–Kier alpha value is -3.89. The zero-order valence-electron chi connectivity index (χ0n) is 20.4. The number of nitrogens with one attached hydrogen (secondary N) is 2. The van der Waals surface area contributed by atoms with Crippen molar-refractivity contribution >= 4 is 22.7 Å². The molecular weight excluding hydrogens is 487 g/mol. The van der Waals surface area contributed by atoms with Crippen LogP contribution in [-0.2, 0) is 22.1 Å². The lowest BCUT2D eigenvalue weighted by Gasteiger charge is -2.11. The molecule has 0 bridgehead atoms. The van der Waals surface area contributed by atoms with Crippen molar-refractivity contribution in [1.29, 1.82) is 0 Å². The normalized spacial score (nSPS) is 15.2. The third kappa shape index (κ3) is 5.03. The minimum Gasteiger partial charge on any atom is -0.466 e. The average molecular weight is 514 g/mol. The van der Waals surface area contributed by atoms with Crippen LogP contribution in [-0.4, -0.2) is 39.2 Å². The summed E-state index contributed by atoms with van der Waals surface area (Å²) in [6.07, 6.45) is -1.82. The summed E-state index contributed by atoms with van der Waals surface area (Å²) in [5.74, 6) is 0.0947. The van der Waals surface area contributed by atoms with Gasteiger partial charge in [-0.05, 0) is 62.1 Å². The first-order valence-electron chi connectivity index (χ1n) is 12.2. The Kier molecular flexibility index (Phi) is 6.61. The fourth-order valence-corrected chi connectivity index (χ4v) is 4.71. The molecule has 0 radical (unpaired) electrons. The number of benzene rings is 1. The molecule has 37 heavy (non-hydrogen) atoms. The molecule has 2 N–H and O–H groups in total. The summed E-state index contributed by atoms with van der Waals surface area (Å²) in [5, 5.41) is 7.89. The smallest absolute Gasteiger partial charge is 0.416 e. The van der Waals surface area contributed by atoms with Crippen LogP contribution in [0.5, 0.6) is 0 Å². The van der Waals surface area contributed by atoms with Gasteiger partial charge in [0.2, 0.25) is 5.82 Å². The fourth-order valence-electron chi connectivity index (χ4n) is 4.71. The lowest BCUT2D eigenvalue weighted by atomic mass is 10.0. The zero-order valence-corrected chi connectivity index (χ0v) is 20.4. The molecule has 0 fully saturated rings. The van der Waals surface area contributed by atoms with Crippen LogP contribution in [0.1, 0.15) is 55.8 Å². The van der Waals surface area contributed by atoms with E-state index in [1.807, 2.05) is 25.1 Å². The van der Waals surface area contributed by atoms with Crippen LogP contribution in [0.2, 0.25) is 0 Å². The molecule has 3 heterocycles. The summed E-state index contributed by atoms with van der Waals surface area (Å²) in [6, 6.07) is 7.51. The summed E-state index contributed by atoms with van der Waals surface area (Å²) in [7, 11) is 0. The summed E-state index contributed by atoms with van der Waals surface area (Å²) in [5.41, 5.74) is 2.86. The van der Waals surface area contributed by atoms with E-state index in [0.717, 1.165) is 53.6 Å². The number of halogens is 3. The number of aromatic nitrogens is 4. The highest BCUT2D eigenvalue weighted by Gasteiger charge is 2.33. The van der Waals surface area contributed by atoms with E-state index in [1.165, 1.54) is 0 Å². The molecule has 0 aliphatic heterocycles. The number of aryl methyl sites for hydroxylation is 1. The van der Waals surface area contributed by atoms with Gasteiger partial charge < -0.3 is 19.6 Å². The maximum absolute atomic E-state index is 13.5. The summed E-state index contributed by atoms with van der Waals surface area (Å²) < 4.78 is 50.8. The molecule has 0 saturated heterocycles. The highest BCUT2D eigenvalue weighted by atomic mass is 19.4. The quantitative estimate of drug-likeness (QED) is 0.274. The zero-order chi connectivity index (χ0) is 26.2. The average Bonchev–Trinajstić information content (AvgIpc) is 3.58. The molecule has 1 atom stereocenters. The van der Waals surface area contributed by atoms with Crippen molar-refractivity contribution in [2.24, 2.45) is 0 Å². The van der Waals surface area contributed by atoms with Gasteiger partial charge in [-0.15, -0.1) is 0 Å². The number of pyridine rings is 1. The molecular formula is C26H26F3N5O3. The molecule has 1 unspecified atom stereocenters. The highest BCUT2D eigenvalue weighted by molar-refractivity contribution is 5.89. The minimum atomic E-state index is -4.55. The third-order valence-corrected chi connectivity index (χ3v) is 6.42. The van der Waals surface area contributed by atoms with Crippen molar-refractivity contribution in [3.05, 3.63) is 47.2 Å². The van der Waals surface area contributed by atoms with Crippen LogP contribution in [0.25, 0.3) is 33.9 Å². The van der Waals surface area contributed by atoms with Crippen LogP contribution < -0.4 is 5.32 Å². The standard InChI is InChI=1S/C26H26F3N5O3/c1-3-9-30-21-13-16(26(27,28)29)12-20(31-21)25-33-24(34-37-25)15-6-8-19-18(10-15)17-7-5-14(23(17)32-19)11-22(35)36-4-2/h6,8,10,12-14,32H,3-5,7,9,11H2,1-2H3,(H,30,31). The molecule has 1 aliphatic carbocycles. The highest BCUT2D eigenvalue weighted by Crippen LogP contribution is 2.41. The molecule has 3 aromatic heterocycles. The van der Waals surface area contributed by atoms with E-state index >= 15 is 0 Å². The summed E-state index contributed by atoms with van der Waals surface area (Å²) in [4.78, 5) is 24.0. The van der Waals surface area contributed by atoms with Gasteiger partial charge in [0.05, 0.1) is 18.6 Å². The predicted octanol–water partition coefficient (Wildman–Crippen LogP) is 6.10. The Balaban J connectivity index is 1.45. The molecule has 0 amide bonds. The number of H-pyrrole nitrogens is 1. The van der Waals surface area contributed by atoms with Gasteiger partial charge in [0.1, 0.15) is 11.5 Å². The largest absolute Gasteiger partial charge is 0.466 e. The van der Waals surface area contributed by atoms with Crippen molar-refractivity contribution in [2.45, 2.75) is 51.6 Å². The first-order chi connectivity index (χ1) is 17.8. The van der Waals surface area contributed by atoms with Crippen LogP contribution in [0.3, 0.4) is 0 Å². The summed E-state index contributed by atoms with van der Waals surface area (Å²) >= 11 is 0. The van der Waals surface area contributed by atoms with E-state index in [9.17, 15) is 18.0 Å². The van der Waals surface area contributed by atoms with Crippen LogP contribution >= 0.6 is 0 Å². The molecule has 1 aliphatic rings. The fraction of sp³-hybridized carbons (Fsp3) is 0.385. The van der Waals surface area contributed by atoms with Crippen molar-refractivity contribution in [3.63, 3.8) is 0 Å². The second-order valence-corrected chi connectivity index (χ2v) is 9.00. The molecule has 0 spiro atoms. The van der Waals surface area contributed by atoms with Crippen LogP contribution in [0, 0.1) is 0 Å². The first-order valence-corrected chi connectivity index (χ1v) is 12.2. The number of ether oxygens (including phenoxy) is 1. The molecule has 4 aromatic rings. The van der Waals surface area contributed by atoms with Crippen molar-refractivity contribution in [3.8, 4) is 23.0 Å². The molecule has 0 saturated carbocycles. The Morgan fingerprint density at radius 3 is 2.81 bits per heavy atom. The van der Waals surface area contributed by atoms with Gasteiger partial charge in [0.15, 0.2) is 0 Å². The second-order valence-electron chi connectivity index (χ2n) is 9.00. The number of hydrogen-bond acceptors (Lipinski definition) is 7. The van der Waals surface area contributed by atoms with Gasteiger partial charge in [-0.3, -0.25) is 4.79 Å². The Morgan fingerprint density at radius 1 is 1.22 bits per heavy atom. The molecule has 8 nitrogen and oxygen atoms in total. The minimum absolute atomic E-state index is 0.0578. The van der Waals surface area contributed by atoms with Gasteiger partial charge in [0.25, 0.3) is 5.89 Å². The van der Waals surface area contributed by atoms with E-state index in [4.69, 9.17) is 9.26 Å². The van der Waals surface area contributed by atoms with Gasteiger partial charge in [-0.25, -0.2) is 4.98 Å². The van der Waals surface area contributed by atoms with Crippen molar-refractivity contribution < 1.29 is 27.2 Å². The molecule has 1 aromatic carbocycles. The van der Waals surface area contributed by atoms with E-state index in [2.05, 4.69) is 25.4 Å². The number of esters is 1. The summed E-state index contributed by atoms with van der Waals surface area (Å²) in [6.45, 7) is 4.53. The van der Waals surface area contributed by atoms with Crippen LogP contribution in [0.4, 0.5) is 19.0 Å². The maximum Gasteiger partial charge on any atom is 0.416 e. The molecule has 5 rings (SSSR count). The van der Waals surface area contributed by atoms with Crippen LogP contribution in [0.15, 0.2) is 34.9 Å². The molecule has 194 valence electrons. The van der Waals surface area contributed by atoms with Gasteiger partial charge in [0, 0.05) is 34.6 Å². The Bertz CT molecular complexity index is 1440. The van der Waals surface area contributed by atoms with E-state index < -0.39 is 11.7 Å². The number of alkyl halides is 3. The number of carbonyl (C=O) groups is 1. The van der Waals surface area contributed by atoms with Gasteiger partial charge in [-0.2, -0.15) is 18.2 Å². The Morgan fingerprint density at radius 2 is 2.05 bits per heavy atom. The topological polar surface area (TPSA) is 106 Å².